The van der Waals surface area contributed by atoms with Gasteiger partial charge in [0, 0.05) is 39.8 Å². The summed E-state index contributed by atoms with van der Waals surface area (Å²) in [4.78, 5) is 9.35. The van der Waals surface area contributed by atoms with Crippen LogP contribution in [0.1, 0.15) is 12.8 Å². The van der Waals surface area contributed by atoms with Crippen molar-refractivity contribution in [1.82, 2.24) is 9.88 Å². The molecule has 1 saturated carbocycles. The van der Waals surface area contributed by atoms with E-state index in [1.54, 1.807) is 6.07 Å². The smallest absolute Gasteiger partial charge is 0.150 e. The zero-order valence-corrected chi connectivity index (χ0v) is 13.2. The van der Waals surface area contributed by atoms with Crippen molar-refractivity contribution >= 4 is 34.8 Å². The number of rotatable bonds is 4. The Bertz CT molecular complexity index is 482. The van der Waals surface area contributed by atoms with Gasteiger partial charge in [0.05, 0.1) is 10.0 Å². The van der Waals surface area contributed by atoms with E-state index < -0.39 is 0 Å². The molecule has 2 fully saturated rings. The summed E-state index contributed by atoms with van der Waals surface area (Å²) >= 11 is 12.4. The minimum Gasteiger partial charge on any atom is -0.372 e. The van der Waals surface area contributed by atoms with Gasteiger partial charge < -0.3 is 10.2 Å². The molecule has 0 radical (unpaired) electrons. The van der Waals surface area contributed by atoms with Crippen molar-refractivity contribution in [3.05, 3.63) is 16.1 Å². The van der Waals surface area contributed by atoms with Crippen molar-refractivity contribution in [3.8, 4) is 0 Å². The van der Waals surface area contributed by atoms with E-state index >= 15 is 0 Å². The molecule has 1 saturated heterocycles. The molecule has 0 spiro atoms. The Balaban J connectivity index is 1.67. The Hall–Kier alpha value is -0.710. The second-order valence-electron chi connectivity index (χ2n) is 5.61. The molecule has 1 aromatic rings. The number of nitrogens with zero attached hydrogens (tertiary/aromatic N) is 3. The molecule has 6 heteroatoms. The lowest BCUT2D eigenvalue weighted by Gasteiger charge is -2.36. The van der Waals surface area contributed by atoms with Crippen LogP contribution in [0.25, 0.3) is 0 Å². The Morgan fingerprint density at radius 3 is 2.50 bits per heavy atom. The zero-order chi connectivity index (χ0) is 14.1. The molecule has 2 aliphatic rings. The van der Waals surface area contributed by atoms with Gasteiger partial charge >= 0.3 is 0 Å². The highest BCUT2D eigenvalue weighted by Crippen LogP contribution is 2.33. The first kappa shape index (κ1) is 14.2. The summed E-state index contributed by atoms with van der Waals surface area (Å²) in [7, 11) is 1.82. The number of halogens is 2. The standard InChI is InChI=1S/C14H20Cl2N4/c1-17-13-11(15)8-12(16)14(18-13)20-6-4-19(5-7-20)9-10-2-3-10/h8,10H,2-7,9H2,1H3,(H,17,18). The van der Waals surface area contributed by atoms with E-state index in [-0.39, 0.29) is 0 Å². The first-order valence-corrected chi connectivity index (χ1v) is 7.94. The van der Waals surface area contributed by atoms with Gasteiger partial charge in [-0.25, -0.2) is 4.98 Å². The van der Waals surface area contributed by atoms with E-state index in [0.29, 0.717) is 15.9 Å². The Morgan fingerprint density at radius 2 is 1.90 bits per heavy atom. The Kier molecular flexibility index (Phi) is 4.24. The van der Waals surface area contributed by atoms with Crippen LogP contribution in [0.3, 0.4) is 0 Å². The molecule has 1 aliphatic carbocycles. The van der Waals surface area contributed by atoms with Gasteiger partial charge in [-0.2, -0.15) is 0 Å². The zero-order valence-electron chi connectivity index (χ0n) is 11.7. The maximum absolute atomic E-state index is 6.29. The largest absolute Gasteiger partial charge is 0.372 e. The lowest BCUT2D eigenvalue weighted by Crippen LogP contribution is -2.47. The van der Waals surface area contributed by atoms with Gasteiger partial charge in [-0.3, -0.25) is 4.90 Å². The number of hydrogen-bond donors (Lipinski definition) is 1. The molecule has 20 heavy (non-hydrogen) atoms. The molecule has 1 aliphatic heterocycles. The Morgan fingerprint density at radius 1 is 1.20 bits per heavy atom. The SMILES string of the molecule is CNc1nc(N2CCN(CC3CC3)CC2)c(Cl)cc1Cl. The van der Waals surface area contributed by atoms with Crippen LogP contribution in [0.15, 0.2) is 6.07 Å². The summed E-state index contributed by atoms with van der Waals surface area (Å²) < 4.78 is 0. The van der Waals surface area contributed by atoms with E-state index in [1.807, 2.05) is 7.05 Å². The van der Waals surface area contributed by atoms with Crippen molar-refractivity contribution in [2.24, 2.45) is 5.92 Å². The first-order valence-electron chi connectivity index (χ1n) is 7.18. The van der Waals surface area contributed by atoms with Crippen molar-refractivity contribution < 1.29 is 0 Å². The van der Waals surface area contributed by atoms with Crippen molar-refractivity contribution in [1.29, 1.82) is 0 Å². The summed E-state index contributed by atoms with van der Waals surface area (Å²) in [5.74, 6) is 2.48. The summed E-state index contributed by atoms with van der Waals surface area (Å²) in [6.07, 6.45) is 2.83. The van der Waals surface area contributed by atoms with E-state index in [0.717, 1.165) is 37.9 Å². The van der Waals surface area contributed by atoms with Crippen LogP contribution >= 0.6 is 23.2 Å². The van der Waals surface area contributed by atoms with Crippen LogP contribution < -0.4 is 10.2 Å². The molecule has 3 rings (SSSR count). The predicted molar refractivity (Wildman–Crippen MR) is 85.2 cm³/mol. The summed E-state index contributed by atoms with van der Waals surface area (Å²) in [5.41, 5.74) is 0. The lowest BCUT2D eigenvalue weighted by atomic mass is 10.2. The third kappa shape index (κ3) is 3.13. The fourth-order valence-corrected chi connectivity index (χ4v) is 3.23. The van der Waals surface area contributed by atoms with Crippen LogP contribution in [-0.2, 0) is 0 Å². The van der Waals surface area contributed by atoms with E-state index in [2.05, 4.69) is 20.1 Å². The summed E-state index contributed by atoms with van der Waals surface area (Å²) in [6, 6.07) is 1.77. The predicted octanol–water partition coefficient (Wildman–Crippen LogP) is 2.96. The van der Waals surface area contributed by atoms with E-state index in [1.165, 1.54) is 19.4 Å². The number of hydrogen-bond acceptors (Lipinski definition) is 4. The van der Waals surface area contributed by atoms with Crippen LogP contribution in [0.4, 0.5) is 11.6 Å². The van der Waals surface area contributed by atoms with Crippen molar-refractivity contribution in [3.63, 3.8) is 0 Å². The highest BCUT2D eigenvalue weighted by atomic mass is 35.5. The number of pyridine rings is 1. The van der Waals surface area contributed by atoms with Crippen molar-refractivity contribution in [2.75, 3.05) is 50.0 Å². The first-order chi connectivity index (χ1) is 9.67. The maximum Gasteiger partial charge on any atom is 0.150 e. The fraction of sp³-hybridized carbons (Fsp3) is 0.643. The monoisotopic (exact) mass is 314 g/mol. The number of anilines is 2. The fourth-order valence-electron chi connectivity index (χ4n) is 2.66. The van der Waals surface area contributed by atoms with Gasteiger partial charge in [-0.15, -0.1) is 0 Å². The molecule has 1 N–H and O–H groups in total. The molecule has 110 valence electrons. The minimum atomic E-state index is 0.564. The average molecular weight is 315 g/mol. The maximum atomic E-state index is 6.29. The van der Waals surface area contributed by atoms with Gasteiger partial charge in [0.1, 0.15) is 11.6 Å². The van der Waals surface area contributed by atoms with Gasteiger partial charge in [0.25, 0.3) is 0 Å². The molecule has 0 atom stereocenters. The third-order valence-electron chi connectivity index (χ3n) is 4.03. The summed E-state index contributed by atoms with van der Waals surface area (Å²) in [5, 5.41) is 4.20. The van der Waals surface area contributed by atoms with E-state index in [9.17, 15) is 0 Å². The highest BCUT2D eigenvalue weighted by Gasteiger charge is 2.27. The van der Waals surface area contributed by atoms with Gasteiger partial charge in [0.15, 0.2) is 0 Å². The van der Waals surface area contributed by atoms with Crippen LogP contribution in [0.5, 0.6) is 0 Å². The van der Waals surface area contributed by atoms with Gasteiger partial charge in [0.2, 0.25) is 0 Å². The van der Waals surface area contributed by atoms with Gasteiger partial charge in [-0.05, 0) is 24.8 Å². The minimum absolute atomic E-state index is 0.564. The molecule has 1 aromatic heterocycles. The van der Waals surface area contributed by atoms with Crippen molar-refractivity contribution in [2.45, 2.75) is 12.8 Å². The third-order valence-corrected chi connectivity index (χ3v) is 4.60. The molecule has 0 unspecified atom stereocenters. The molecule has 0 bridgehead atoms. The average Bonchev–Trinajstić information content (AvgIpc) is 3.24. The molecule has 2 heterocycles. The quantitative estimate of drug-likeness (QED) is 0.926. The molecule has 0 aromatic carbocycles. The van der Waals surface area contributed by atoms with Gasteiger partial charge in [-0.1, -0.05) is 23.2 Å². The number of nitrogens with one attached hydrogen (secondary N) is 1. The Labute approximate surface area is 130 Å². The normalized spacial score (nSPS) is 20.2. The second-order valence-corrected chi connectivity index (χ2v) is 6.42. The number of piperazine rings is 1. The molecule has 0 amide bonds. The molecular weight excluding hydrogens is 295 g/mol. The second kappa shape index (κ2) is 5.96. The van der Waals surface area contributed by atoms with Crippen LogP contribution in [0.2, 0.25) is 10.0 Å². The lowest BCUT2D eigenvalue weighted by molar-refractivity contribution is 0.247. The number of aromatic nitrogens is 1. The molecular formula is C14H20Cl2N4. The summed E-state index contributed by atoms with van der Waals surface area (Å²) in [6.45, 7) is 5.39. The topological polar surface area (TPSA) is 31.4 Å². The van der Waals surface area contributed by atoms with E-state index in [4.69, 9.17) is 23.2 Å². The van der Waals surface area contributed by atoms with Crippen LogP contribution in [-0.4, -0.2) is 49.7 Å². The highest BCUT2D eigenvalue weighted by molar-refractivity contribution is 6.37. The van der Waals surface area contributed by atoms with Crippen LogP contribution in [0, 0.1) is 5.92 Å². The molecule has 4 nitrogen and oxygen atoms in total.